The maximum atomic E-state index is 14.5. The molecule has 35 heavy (non-hydrogen) atoms. The molecule has 2 unspecified atom stereocenters. The first-order valence-electron chi connectivity index (χ1n) is 12.3. The summed E-state index contributed by atoms with van der Waals surface area (Å²) < 4.78 is 0. The second-order valence-corrected chi connectivity index (χ2v) is 10.9. The van der Waals surface area contributed by atoms with E-state index in [1.54, 1.807) is 11.3 Å². The van der Waals surface area contributed by atoms with Crippen molar-refractivity contribution in [2.24, 2.45) is 5.92 Å². The van der Waals surface area contributed by atoms with Crippen LogP contribution in [0.15, 0.2) is 72.1 Å². The highest BCUT2D eigenvalue weighted by Gasteiger charge is 2.45. The number of hydrogen-bond acceptors (Lipinski definition) is 4. The minimum atomic E-state index is -0.452. The van der Waals surface area contributed by atoms with Gasteiger partial charge in [0.05, 0.1) is 12.0 Å². The van der Waals surface area contributed by atoms with E-state index >= 15 is 0 Å². The van der Waals surface area contributed by atoms with E-state index in [0.29, 0.717) is 25.2 Å². The zero-order valence-electron chi connectivity index (χ0n) is 21.1. The van der Waals surface area contributed by atoms with Gasteiger partial charge in [0, 0.05) is 36.6 Å². The molecule has 0 spiro atoms. The molecule has 1 aromatic heterocycles. The monoisotopic (exact) mass is 489 g/mol. The average molecular weight is 490 g/mol. The molecule has 1 aliphatic rings. The topological polar surface area (TPSA) is 43.9 Å². The van der Waals surface area contributed by atoms with Crippen molar-refractivity contribution in [3.8, 4) is 0 Å². The predicted octanol–water partition coefficient (Wildman–Crippen LogP) is 5.28. The molecule has 0 fully saturated rings. The van der Waals surface area contributed by atoms with Crippen molar-refractivity contribution in [3.05, 3.63) is 93.7 Å². The van der Waals surface area contributed by atoms with Gasteiger partial charge >= 0.3 is 0 Å². The first-order chi connectivity index (χ1) is 16.9. The van der Waals surface area contributed by atoms with Crippen LogP contribution in [0, 0.1) is 5.92 Å². The largest absolute Gasteiger partial charge is 0.336 e. The van der Waals surface area contributed by atoms with E-state index < -0.39 is 5.92 Å². The summed E-state index contributed by atoms with van der Waals surface area (Å²) >= 11 is 1.62. The van der Waals surface area contributed by atoms with Gasteiger partial charge in [-0.1, -0.05) is 68.4 Å². The molecule has 2 heterocycles. The van der Waals surface area contributed by atoms with Crippen LogP contribution in [0.5, 0.6) is 0 Å². The average Bonchev–Trinajstić information content (AvgIpc) is 3.38. The van der Waals surface area contributed by atoms with E-state index in [-0.39, 0.29) is 23.8 Å². The van der Waals surface area contributed by atoms with Crippen LogP contribution < -0.4 is 0 Å². The van der Waals surface area contributed by atoms with Crippen molar-refractivity contribution in [1.82, 2.24) is 14.7 Å². The summed E-state index contributed by atoms with van der Waals surface area (Å²) in [6, 6.07) is 21.6. The lowest BCUT2D eigenvalue weighted by Crippen LogP contribution is -2.49. The van der Waals surface area contributed by atoms with Crippen molar-refractivity contribution < 1.29 is 9.59 Å². The van der Waals surface area contributed by atoms with Crippen molar-refractivity contribution in [1.29, 1.82) is 0 Å². The van der Waals surface area contributed by atoms with Crippen LogP contribution in [-0.2, 0) is 11.3 Å². The highest BCUT2D eigenvalue weighted by molar-refractivity contribution is 7.10. The minimum Gasteiger partial charge on any atom is -0.336 e. The third kappa shape index (κ3) is 5.65. The van der Waals surface area contributed by atoms with Crippen molar-refractivity contribution in [3.63, 3.8) is 0 Å². The summed E-state index contributed by atoms with van der Waals surface area (Å²) in [4.78, 5) is 35.3. The Balaban J connectivity index is 1.81. The number of thiophene rings is 1. The Morgan fingerprint density at radius 3 is 2.34 bits per heavy atom. The molecule has 0 bridgehead atoms. The number of benzene rings is 2. The van der Waals surface area contributed by atoms with Gasteiger partial charge in [0.1, 0.15) is 0 Å². The van der Waals surface area contributed by atoms with E-state index in [1.807, 2.05) is 77.8 Å². The van der Waals surface area contributed by atoms with Gasteiger partial charge in [0.2, 0.25) is 5.91 Å². The Labute approximate surface area is 213 Å². The quantitative estimate of drug-likeness (QED) is 0.411. The van der Waals surface area contributed by atoms with Gasteiger partial charge in [-0.15, -0.1) is 11.3 Å². The van der Waals surface area contributed by atoms with Crippen LogP contribution in [0.3, 0.4) is 0 Å². The SMILES string of the molecule is CC(C)CN1C(=O)c2ccccc2C(C(=O)N(CCN(C)C)Cc2ccccc2)C1c1cccs1. The molecule has 2 atom stereocenters. The second-order valence-electron chi connectivity index (χ2n) is 9.93. The van der Waals surface area contributed by atoms with Crippen LogP contribution in [0.1, 0.15) is 52.2 Å². The van der Waals surface area contributed by atoms with Gasteiger partial charge in [-0.05, 0) is 48.7 Å². The Morgan fingerprint density at radius 1 is 0.971 bits per heavy atom. The van der Waals surface area contributed by atoms with Gasteiger partial charge < -0.3 is 14.7 Å². The molecule has 5 nitrogen and oxygen atoms in total. The van der Waals surface area contributed by atoms with E-state index in [1.165, 1.54) is 0 Å². The summed E-state index contributed by atoms with van der Waals surface area (Å²) in [5.41, 5.74) is 2.59. The number of carbonyl (C=O) groups is 2. The molecule has 1 aliphatic heterocycles. The van der Waals surface area contributed by atoms with Gasteiger partial charge in [-0.25, -0.2) is 0 Å². The Morgan fingerprint density at radius 2 is 1.69 bits per heavy atom. The first kappa shape index (κ1) is 25.1. The van der Waals surface area contributed by atoms with Gasteiger partial charge in [0.25, 0.3) is 5.91 Å². The summed E-state index contributed by atoms with van der Waals surface area (Å²) in [6.07, 6.45) is 0. The van der Waals surface area contributed by atoms with Crippen LogP contribution in [-0.4, -0.2) is 60.2 Å². The molecule has 2 amide bonds. The fourth-order valence-corrected chi connectivity index (χ4v) is 5.69. The van der Waals surface area contributed by atoms with E-state index in [4.69, 9.17) is 0 Å². The van der Waals surface area contributed by atoms with Gasteiger partial charge in [-0.3, -0.25) is 9.59 Å². The number of fused-ring (bicyclic) bond motifs is 1. The summed E-state index contributed by atoms with van der Waals surface area (Å²) in [5.74, 6) is -0.0776. The third-order valence-electron chi connectivity index (χ3n) is 6.45. The molecule has 0 aliphatic carbocycles. The molecular formula is C29H35N3O2S. The maximum absolute atomic E-state index is 14.5. The summed E-state index contributed by atoms with van der Waals surface area (Å²) in [6.45, 7) is 6.78. The van der Waals surface area contributed by atoms with Crippen molar-refractivity contribution >= 4 is 23.2 Å². The van der Waals surface area contributed by atoms with E-state index in [0.717, 1.165) is 22.5 Å². The van der Waals surface area contributed by atoms with Crippen LogP contribution >= 0.6 is 11.3 Å². The fraction of sp³-hybridized carbons (Fsp3) is 0.379. The molecule has 0 radical (unpaired) electrons. The van der Waals surface area contributed by atoms with Crippen LogP contribution in [0.25, 0.3) is 0 Å². The summed E-state index contributed by atoms with van der Waals surface area (Å²) in [7, 11) is 4.05. The van der Waals surface area contributed by atoms with E-state index in [9.17, 15) is 9.59 Å². The predicted molar refractivity (Wildman–Crippen MR) is 143 cm³/mol. The zero-order valence-corrected chi connectivity index (χ0v) is 21.9. The molecule has 6 heteroatoms. The van der Waals surface area contributed by atoms with Crippen molar-refractivity contribution in [2.45, 2.75) is 32.4 Å². The van der Waals surface area contributed by atoms with Crippen LogP contribution in [0.2, 0.25) is 0 Å². The molecular weight excluding hydrogens is 454 g/mol. The lowest BCUT2D eigenvalue weighted by atomic mass is 9.80. The second kappa shape index (κ2) is 11.2. The molecule has 184 valence electrons. The molecule has 0 N–H and O–H groups in total. The van der Waals surface area contributed by atoms with Crippen molar-refractivity contribution in [2.75, 3.05) is 33.7 Å². The number of likely N-dealkylation sites (N-methyl/N-ethyl adjacent to an activating group) is 1. The smallest absolute Gasteiger partial charge is 0.254 e. The van der Waals surface area contributed by atoms with E-state index in [2.05, 4.69) is 36.9 Å². The molecule has 3 aromatic rings. The van der Waals surface area contributed by atoms with Gasteiger partial charge in [0.15, 0.2) is 0 Å². The summed E-state index contributed by atoms with van der Waals surface area (Å²) in [5, 5.41) is 2.03. The number of hydrogen-bond donors (Lipinski definition) is 0. The fourth-order valence-electron chi connectivity index (χ4n) is 4.82. The Hall–Kier alpha value is -2.96. The molecule has 2 aromatic carbocycles. The lowest BCUT2D eigenvalue weighted by molar-refractivity contribution is -0.135. The Bertz CT molecular complexity index is 1130. The lowest BCUT2D eigenvalue weighted by Gasteiger charge is -2.43. The normalized spacial score (nSPS) is 17.7. The van der Waals surface area contributed by atoms with Crippen LogP contribution in [0.4, 0.5) is 0 Å². The number of amides is 2. The third-order valence-corrected chi connectivity index (χ3v) is 7.39. The zero-order chi connectivity index (χ0) is 24.9. The highest BCUT2D eigenvalue weighted by atomic mass is 32.1. The highest BCUT2D eigenvalue weighted by Crippen LogP contribution is 2.45. The standard InChI is InChI=1S/C29H35N3O2S/c1-21(2)19-32-27(25-15-10-18-35-25)26(23-13-8-9-14-24(23)28(32)33)29(34)31(17-16-30(3)4)20-22-11-6-5-7-12-22/h5-15,18,21,26-27H,16-17,19-20H2,1-4H3. The number of rotatable bonds is 9. The molecule has 0 saturated heterocycles. The molecule has 4 rings (SSSR count). The molecule has 0 saturated carbocycles. The minimum absolute atomic E-state index is 0.0136. The maximum Gasteiger partial charge on any atom is 0.254 e. The Kier molecular flexibility index (Phi) is 8.04. The number of carbonyl (C=O) groups excluding carboxylic acids is 2. The first-order valence-corrected chi connectivity index (χ1v) is 13.2. The van der Waals surface area contributed by atoms with Gasteiger partial charge in [-0.2, -0.15) is 0 Å². The number of nitrogens with zero attached hydrogens (tertiary/aromatic N) is 3.